The Morgan fingerprint density at radius 3 is 2.26 bits per heavy atom. The lowest BCUT2D eigenvalue weighted by Gasteiger charge is -2.09. The van der Waals surface area contributed by atoms with Crippen molar-refractivity contribution in [2.75, 3.05) is 10.6 Å². The van der Waals surface area contributed by atoms with Gasteiger partial charge in [0.1, 0.15) is 23.8 Å². The van der Waals surface area contributed by atoms with E-state index in [4.69, 9.17) is 11.6 Å². The van der Waals surface area contributed by atoms with Crippen LogP contribution in [0.1, 0.15) is 5.56 Å². The minimum atomic E-state index is -0.309. The average molecular weight is 329 g/mol. The van der Waals surface area contributed by atoms with Crippen molar-refractivity contribution in [3.05, 3.63) is 71.3 Å². The van der Waals surface area contributed by atoms with Gasteiger partial charge in [-0.15, -0.1) is 0 Å². The summed E-state index contributed by atoms with van der Waals surface area (Å²) in [5.41, 5.74) is 2.46. The van der Waals surface area contributed by atoms with Gasteiger partial charge in [-0.05, 0) is 42.8 Å². The number of anilines is 4. The second kappa shape index (κ2) is 6.62. The molecule has 1 aromatic heterocycles. The molecular formula is C17H14ClFN4. The van der Waals surface area contributed by atoms with Gasteiger partial charge in [0.25, 0.3) is 0 Å². The number of halogens is 2. The molecule has 3 rings (SSSR count). The fraction of sp³-hybridized carbons (Fsp3) is 0.0588. The van der Waals surface area contributed by atoms with Crippen LogP contribution in [0.4, 0.5) is 27.4 Å². The third-order valence-electron chi connectivity index (χ3n) is 3.21. The molecule has 116 valence electrons. The number of aromatic nitrogens is 2. The monoisotopic (exact) mass is 328 g/mol. The topological polar surface area (TPSA) is 49.8 Å². The summed E-state index contributed by atoms with van der Waals surface area (Å²) in [5, 5.41) is 6.88. The van der Waals surface area contributed by atoms with Crippen LogP contribution in [0, 0.1) is 12.7 Å². The highest BCUT2D eigenvalue weighted by Gasteiger charge is 2.03. The number of benzene rings is 2. The fourth-order valence-corrected chi connectivity index (χ4v) is 2.21. The van der Waals surface area contributed by atoms with Crippen LogP contribution in [0.5, 0.6) is 0 Å². The van der Waals surface area contributed by atoms with Crippen molar-refractivity contribution in [3.8, 4) is 0 Å². The normalized spacial score (nSPS) is 10.4. The van der Waals surface area contributed by atoms with Crippen LogP contribution in [-0.4, -0.2) is 9.97 Å². The van der Waals surface area contributed by atoms with Gasteiger partial charge in [-0.2, -0.15) is 0 Å². The molecule has 0 aliphatic carbocycles. The van der Waals surface area contributed by atoms with E-state index in [0.29, 0.717) is 22.3 Å². The Kier molecular flexibility index (Phi) is 4.39. The standard InChI is InChI=1S/C17H14ClFN4/c1-11-5-6-14(8-15(11)18)23-17-9-16(20-10-21-17)22-13-4-2-3-12(19)7-13/h2-10H,1H3,(H2,20,21,22,23). The van der Waals surface area contributed by atoms with E-state index in [1.165, 1.54) is 18.5 Å². The first kappa shape index (κ1) is 15.2. The van der Waals surface area contributed by atoms with Crippen LogP contribution in [0.2, 0.25) is 5.02 Å². The molecule has 2 N–H and O–H groups in total. The van der Waals surface area contributed by atoms with E-state index in [0.717, 1.165) is 11.3 Å². The number of nitrogens with zero attached hydrogens (tertiary/aromatic N) is 2. The van der Waals surface area contributed by atoms with Crippen molar-refractivity contribution in [2.45, 2.75) is 6.92 Å². The zero-order valence-corrected chi connectivity index (χ0v) is 13.1. The Hall–Kier alpha value is -2.66. The molecular weight excluding hydrogens is 315 g/mol. The van der Waals surface area contributed by atoms with Crippen molar-refractivity contribution >= 4 is 34.6 Å². The van der Waals surface area contributed by atoms with Crippen LogP contribution in [0.25, 0.3) is 0 Å². The fourth-order valence-electron chi connectivity index (χ4n) is 2.03. The Morgan fingerprint density at radius 1 is 0.913 bits per heavy atom. The lowest BCUT2D eigenvalue weighted by atomic mass is 10.2. The van der Waals surface area contributed by atoms with Gasteiger partial charge >= 0.3 is 0 Å². The molecule has 4 nitrogen and oxygen atoms in total. The third-order valence-corrected chi connectivity index (χ3v) is 3.62. The van der Waals surface area contributed by atoms with Gasteiger partial charge in [0.15, 0.2) is 0 Å². The maximum Gasteiger partial charge on any atom is 0.135 e. The number of nitrogens with one attached hydrogen (secondary N) is 2. The Balaban J connectivity index is 1.78. The first-order valence-electron chi connectivity index (χ1n) is 6.98. The smallest absolute Gasteiger partial charge is 0.135 e. The molecule has 0 atom stereocenters. The van der Waals surface area contributed by atoms with Crippen molar-refractivity contribution in [3.63, 3.8) is 0 Å². The second-order valence-corrected chi connectivity index (χ2v) is 5.42. The maximum absolute atomic E-state index is 13.2. The Bertz CT molecular complexity index is 838. The largest absolute Gasteiger partial charge is 0.340 e. The number of hydrogen-bond donors (Lipinski definition) is 2. The van der Waals surface area contributed by atoms with Crippen LogP contribution in [0.3, 0.4) is 0 Å². The predicted molar refractivity (Wildman–Crippen MR) is 91.2 cm³/mol. The minimum absolute atomic E-state index is 0.309. The average Bonchev–Trinajstić information content (AvgIpc) is 2.51. The third kappa shape index (κ3) is 3.96. The first-order valence-corrected chi connectivity index (χ1v) is 7.36. The summed E-state index contributed by atoms with van der Waals surface area (Å²) >= 11 is 6.11. The molecule has 23 heavy (non-hydrogen) atoms. The Morgan fingerprint density at radius 2 is 1.61 bits per heavy atom. The molecule has 1 heterocycles. The molecule has 0 aliphatic rings. The summed E-state index contributed by atoms with van der Waals surface area (Å²) in [6, 6.07) is 13.6. The molecule has 0 spiro atoms. The van der Waals surface area contributed by atoms with Gasteiger partial charge in [0, 0.05) is 22.5 Å². The van der Waals surface area contributed by atoms with Gasteiger partial charge in [-0.3, -0.25) is 0 Å². The van der Waals surface area contributed by atoms with Crippen LogP contribution < -0.4 is 10.6 Å². The summed E-state index contributed by atoms with van der Waals surface area (Å²) in [7, 11) is 0. The number of aryl methyl sites for hydroxylation is 1. The lowest BCUT2D eigenvalue weighted by Crippen LogP contribution is -1.98. The molecule has 0 aliphatic heterocycles. The van der Waals surface area contributed by atoms with Crippen LogP contribution >= 0.6 is 11.6 Å². The van der Waals surface area contributed by atoms with Crippen molar-refractivity contribution in [1.82, 2.24) is 9.97 Å². The molecule has 3 aromatic rings. The van der Waals surface area contributed by atoms with E-state index in [1.54, 1.807) is 18.2 Å². The molecule has 0 fully saturated rings. The van der Waals surface area contributed by atoms with E-state index in [1.807, 2.05) is 25.1 Å². The highest BCUT2D eigenvalue weighted by Crippen LogP contribution is 2.23. The molecule has 0 amide bonds. The molecule has 0 radical (unpaired) electrons. The summed E-state index contributed by atoms with van der Waals surface area (Å²) in [6.45, 7) is 1.94. The highest BCUT2D eigenvalue weighted by molar-refractivity contribution is 6.31. The van der Waals surface area contributed by atoms with Crippen LogP contribution in [-0.2, 0) is 0 Å². The molecule has 2 aromatic carbocycles. The summed E-state index contributed by atoms with van der Waals surface area (Å²) in [6.07, 6.45) is 1.43. The SMILES string of the molecule is Cc1ccc(Nc2cc(Nc3cccc(F)c3)ncn2)cc1Cl. The van der Waals surface area contributed by atoms with Gasteiger partial charge in [0.2, 0.25) is 0 Å². The molecule has 0 saturated carbocycles. The minimum Gasteiger partial charge on any atom is -0.340 e. The van der Waals surface area contributed by atoms with Gasteiger partial charge in [-0.1, -0.05) is 23.7 Å². The predicted octanol–water partition coefficient (Wildman–Crippen LogP) is 5.06. The van der Waals surface area contributed by atoms with Crippen molar-refractivity contribution in [2.24, 2.45) is 0 Å². The first-order chi connectivity index (χ1) is 11.1. The summed E-state index contributed by atoms with van der Waals surface area (Å²) in [4.78, 5) is 8.29. The van der Waals surface area contributed by atoms with Crippen molar-refractivity contribution < 1.29 is 4.39 Å². The van der Waals surface area contributed by atoms with E-state index >= 15 is 0 Å². The molecule has 0 bridgehead atoms. The molecule has 6 heteroatoms. The highest BCUT2D eigenvalue weighted by atomic mass is 35.5. The lowest BCUT2D eigenvalue weighted by molar-refractivity contribution is 0.628. The Labute approximate surface area is 138 Å². The zero-order valence-electron chi connectivity index (χ0n) is 12.3. The van der Waals surface area contributed by atoms with E-state index in [9.17, 15) is 4.39 Å². The van der Waals surface area contributed by atoms with Gasteiger partial charge in [-0.25, -0.2) is 14.4 Å². The van der Waals surface area contributed by atoms with Gasteiger partial charge in [0.05, 0.1) is 0 Å². The number of hydrogen-bond acceptors (Lipinski definition) is 4. The quantitative estimate of drug-likeness (QED) is 0.702. The molecule has 0 unspecified atom stereocenters. The van der Waals surface area contributed by atoms with Crippen LogP contribution in [0.15, 0.2) is 54.9 Å². The summed E-state index contributed by atoms with van der Waals surface area (Å²) < 4.78 is 13.2. The van der Waals surface area contributed by atoms with E-state index in [-0.39, 0.29) is 5.82 Å². The van der Waals surface area contributed by atoms with E-state index < -0.39 is 0 Å². The summed E-state index contributed by atoms with van der Waals surface area (Å²) in [5.74, 6) is 0.863. The second-order valence-electron chi connectivity index (χ2n) is 5.01. The van der Waals surface area contributed by atoms with E-state index in [2.05, 4.69) is 20.6 Å². The zero-order chi connectivity index (χ0) is 16.2. The van der Waals surface area contributed by atoms with Gasteiger partial charge < -0.3 is 10.6 Å². The maximum atomic E-state index is 13.2. The number of rotatable bonds is 4. The molecule has 0 saturated heterocycles. The van der Waals surface area contributed by atoms with Crippen molar-refractivity contribution in [1.29, 1.82) is 0 Å².